The summed E-state index contributed by atoms with van der Waals surface area (Å²) in [4.78, 5) is 11.6. The van der Waals surface area contributed by atoms with Crippen molar-refractivity contribution in [1.82, 2.24) is 0 Å². The number of methoxy groups -OCH3 is 1. The molecule has 0 saturated carbocycles. The van der Waals surface area contributed by atoms with Gasteiger partial charge in [-0.3, -0.25) is 0 Å². The molecule has 0 radical (unpaired) electrons. The van der Waals surface area contributed by atoms with Crippen molar-refractivity contribution < 1.29 is 14.6 Å². The van der Waals surface area contributed by atoms with Gasteiger partial charge in [0, 0.05) is 16.7 Å². The van der Waals surface area contributed by atoms with Crippen molar-refractivity contribution in [3.05, 3.63) is 65.7 Å². The number of aliphatic carboxylic acids is 1. The molecule has 0 fully saturated rings. The van der Waals surface area contributed by atoms with Gasteiger partial charge in [0.1, 0.15) is 5.75 Å². The predicted molar refractivity (Wildman–Crippen MR) is 85.7 cm³/mol. The molecule has 3 nitrogen and oxygen atoms in total. The molecule has 0 bridgehead atoms. The Morgan fingerprint density at radius 1 is 1.14 bits per heavy atom. The Labute approximate surface area is 128 Å². The molecule has 0 heterocycles. The van der Waals surface area contributed by atoms with Gasteiger partial charge in [-0.15, -0.1) is 11.8 Å². The molecule has 0 atom stereocenters. The maximum atomic E-state index is 10.4. The maximum absolute atomic E-state index is 10.4. The Bertz CT molecular complexity index is 615. The largest absolute Gasteiger partial charge is 0.497 e. The number of benzene rings is 2. The van der Waals surface area contributed by atoms with Gasteiger partial charge in [0.2, 0.25) is 0 Å². The van der Waals surface area contributed by atoms with E-state index in [4.69, 9.17) is 9.84 Å². The van der Waals surface area contributed by atoms with E-state index in [2.05, 4.69) is 0 Å². The van der Waals surface area contributed by atoms with Gasteiger partial charge in [-0.2, -0.15) is 0 Å². The van der Waals surface area contributed by atoms with Gasteiger partial charge in [-0.05, 0) is 41.5 Å². The van der Waals surface area contributed by atoms with E-state index in [1.54, 1.807) is 24.9 Å². The molecule has 2 aromatic rings. The number of carbonyl (C=O) groups is 1. The van der Waals surface area contributed by atoms with E-state index < -0.39 is 5.97 Å². The van der Waals surface area contributed by atoms with Crippen LogP contribution in [0.1, 0.15) is 11.1 Å². The van der Waals surface area contributed by atoms with Crippen molar-refractivity contribution in [1.29, 1.82) is 0 Å². The summed E-state index contributed by atoms with van der Waals surface area (Å²) < 4.78 is 5.13. The Balaban J connectivity index is 1.92. The zero-order valence-electron chi connectivity index (χ0n) is 11.7. The van der Waals surface area contributed by atoms with Crippen molar-refractivity contribution in [2.45, 2.75) is 10.6 Å². The van der Waals surface area contributed by atoms with Gasteiger partial charge < -0.3 is 9.84 Å². The monoisotopic (exact) mass is 300 g/mol. The summed E-state index contributed by atoms with van der Waals surface area (Å²) in [6.45, 7) is 0. The number of carboxylic acids is 1. The van der Waals surface area contributed by atoms with Crippen molar-refractivity contribution in [3.8, 4) is 5.75 Å². The first-order valence-corrected chi connectivity index (χ1v) is 7.43. The zero-order chi connectivity index (χ0) is 15.1. The SMILES string of the molecule is COc1ccc(SCc2ccc(C=CC(=O)O)cc2)cc1. The third kappa shape index (κ3) is 5.00. The topological polar surface area (TPSA) is 46.5 Å². The van der Waals surface area contributed by atoms with Crippen molar-refractivity contribution >= 4 is 23.8 Å². The molecule has 2 aromatic carbocycles. The number of thioether (sulfide) groups is 1. The van der Waals surface area contributed by atoms with Crippen LogP contribution in [0.2, 0.25) is 0 Å². The van der Waals surface area contributed by atoms with Crippen LogP contribution >= 0.6 is 11.8 Å². The highest BCUT2D eigenvalue weighted by Gasteiger charge is 1.98. The van der Waals surface area contributed by atoms with Gasteiger partial charge >= 0.3 is 5.97 Å². The summed E-state index contributed by atoms with van der Waals surface area (Å²) in [6, 6.07) is 15.8. The minimum absolute atomic E-state index is 0.855. The van der Waals surface area contributed by atoms with Gasteiger partial charge in [0.15, 0.2) is 0 Å². The number of hydrogen-bond acceptors (Lipinski definition) is 3. The summed E-state index contributed by atoms with van der Waals surface area (Å²) in [5, 5.41) is 8.58. The predicted octanol–water partition coefficient (Wildman–Crippen LogP) is 4.09. The molecule has 21 heavy (non-hydrogen) atoms. The maximum Gasteiger partial charge on any atom is 0.328 e. The lowest BCUT2D eigenvalue weighted by molar-refractivity contribution is -0.131. The van der Waals surface area contributed by atoms with E-state index >= 15 is 0 Å². The van der Waals surface area contributed by atoms with E-state index in [0.29, 0.717) is 0 Å². The Morgan fingerprint density at radius 2 is 1.81 bits per heavy atom. The van der Waals surface area contributed by atoms with Crippen LogP contribution in [-0.4, -0.2) is 18.2 Å². The molecule has 0 aliphatic carbocycles. The highest BCUT2D eigenvalue weighted by atomic mass is 32.2. The van der Waals surface area contributed by atoms with Crippen LogP contribution in [0, 0.1) is 0 Å². The standard InChI is InChI=1S/C17H16O3S/c1-20-15-7-9-16(10-8-15)21-12-14-4-2-13(3-5-14)6-11-17(18)19/h2-11H,12H2,1H3,(H,18,19). The molecule has 2 rings (SSSR count). The van der Waals surface area contributed by atoms with Gasteiger partial charge in [0.05, 0.1) is 7.11 Å². The van der Waals surface area contributed by atoms with Crippen LogP contribution in [0.25, 0.3) is 6.08 Å². The quantitative estimate of drug-likeness (QED) is 0.645. The van der Waals surface area contributed by atoms with E-state index in [1.807, 2.05) is 48.5 Å². The second kappa shape index (κ2) is 7.55. The molecule has 0 saturated heterocycles. The van der Waals surface area contributed by atoms with Gasteiger partial charge in [-0.25, -0.2) is 4.79 Å². The Hall–Kier alpha value is -2.20. The normalized spacial score (nSPS) is 10.7. The zero-order valence-corrected chi connectivity index (χ0v) is 12.5. The van der Waals surface area contributed by atoms with Crippen LogP contribution in [-0.2, 0) is 10.5 Å². The number of rotatable bonds is 6. The Morgan fingerprint density at radius 3 is 2.38 bits per heavy atom. The lowest BCUT2D eigenvalue weighted by atomic mass is 10.1. The molecule has 108 valence electrons. The lowest BCUT2D eigenvalue weighted by Crippen LogP contribution is -1.86. The first-order valence-electron chi connectivity index (χ1n) is 6.44. The average molecular weight is 300 g/mol. The fraction of sp³-hybridized carbons (Fsp3) is 0.118. The second-order valence-electron chi connectivity index (χ2n) is 4.38. The smallest absolute Gasteiger partial charge is 0.328 e. The van der Waals surface area contributed by atoms with Crippen LogP contribution in [0.5, 0.6) is 5.75 Å². The number of ether oxygens (including phenoxy) is 1. The first kappa shape index (κ1) is 15.2. The van der Waals surface area contributed by atoms with Crippen LogP contribution in [0.4, 0.5) is 0 Å². The van der Waals surface area contributed by atoms with Gasteiger partial charge in [-0.1, -0.05) is 24.3 Å². The first-order chi connectivity index (χ1) is 10.2. The average Bonchev–Trinajstić information content (AvgIpc) is 2.52. The summed E-state index contributed by atoms with van der Waals surface area (Å²) in [6.07, 6.45) is 2.73. The molecule has 0 spiro atoms. The van der Waals surface area contributed by atoms with E-state index in [0.717, 1.165) is 23.1 Å². The van der Waals surface area contributed by atoms with E-state index in [-0.39, 0.29) is 0 Å². The molecule has 0 aromatic heterocycles. The third-order valence-corrected chi connectivity index (χ3v) is 3.95. The van der Waals surface area contributed by atoms with Crippen molar-refractivity contribution in [2.75, 3.05) is 7.11 Å². The summed E-state index contributed by atoms with van der Waals surface area (Å²) in [5.41, 5.74) is 2.08. The molecule has 0 amide bonds. The lowest BCUT2D eigenvalue weighted by Gasteiger charge is -2.04. The fourth-order valence-electron chi connectivity index (χ4n) is 1.73. The van der Waals surface area contributed by atoms with Crippen molar-refractivity contribution in [2.24, 2.45) is 0 Å². The molecular weight excluding hydrogens is 284 g/mol. The molecular formula is C17H16O3S. The second-order valence-corrected chi connectivity index (χ2v) is 5.43. The summed E-state index contributed by atoms with van der Waals surface area (Å²) in [5.74, 6) is 0.790. The van der Waals surface area contributed by atoms with E-state index in [9.17, 15) is 4.79 Å². The molecule has 1 N–H and O–H groups in total. The minimum Gasteiger partial charge on any atom is -0.497 e. The van der Waals surface area contributed by atoms with Crippen molar-refractivity contribution in [3.63, 3.8) is 0 Å². The number of carboxylic acid groups (broad SMARTS) is 1. The van der Waals surface area contributed by atoms with Gasteiger partial charge in [0.25, 0.3) is 0 Å². The van der Waals surface area contributed by atoms with Crippen LogP contribution in [0.3, 0.4) is 0 Å². The van der Waals surface area contributed by atoms with Crippen LogP contribution in [0.15, 0.2) is 59.5 Å². The summed E-state index contributed by atoms with van der Waals surface area (Å²) in [7, 11) is 1.66. The minimum atomic E-state index is -0.936. The van der Waals surface area contributed by atoms with E-state index in [1.165, 1.54) is 10.5 Å². The third-order valence-electron chi connectivity index (χ3n) is 2.86. The summed E-state index contributed by atoms with van der Waals surface area (Å²) >= 11 is 1.75. The number of hydrogen-bond donors (Lipinski definition) is 1. The molecule has 0 aliphatic heterocycles. The Kier molecular flexibility index (Phi) is 5.46. The highest BCUT2D eigenvalue weighted by Crippen LogP contribution is 2.25. The molecule has 4 heteroatoms. The molecule has 0 aliphatic rings. The fourth-order valence-corrected chi connectivity index (χ4v) is 2.59. The highest BCUT2D eigenvalue weighted by molar-refractivity contribution is 7.98. The van der Waals surface area contributed by atoms with Crippen LogP contribution < -0.4 is 4.74 Å². The molecule has 0 unspecified atom stereocenters.